The molecule has 5 nitrogen and oxygen atoms in total. The van der Waals surface area contributed by atoms with Gasteiger partial charge in [-0.3, -0.25) is 0 Å². The van der Waals surface area contributed by atoms with E-state index in [9.17, 15) is 22.8 Å². The molecule has 0 N–H and O–H groups in total. The summed E-state index contributed by atoms with van der Waals surface area (Å²) in [6.07, 6.45) is -6.43. The van der Waals surface area contributed by atoms with Crippen LogP contribution in [-0.4, -0.2) is 49.3 Å². The molecule has 1 amide bonds. The van der Waals surface area contributed by atoms with Crippen molar-refractivity contribution in [1.29, 1.82) is 0 Å². The molecule has 0 spiro atoms. The third kappa shape index (κ3) is 4.14. The Morgan fingerprint density at radius 3 is 2.26 bits per heavy atom. The SMILES string of the molecule is Cc1ccc(C)c(N2CCN(C(=O)OC(=O)C(F)(F)F)CC2)c1. The highest BCUT2D eigenvalue weighted by Crippen LogP contribution is 2.23. The van der Waals surface area contributed by atoms with E-state index in [0.29, 0.717) is 13.1 Å². The first-order valence-corrected chi connectivity index (χ1v) is 7.08. The number of hydrogen-bond acceptors (Lipinski definition) is 4. The molecule has 0 atom stereocenters. The third-order valence-electron chi connectivity index (χ3n) is 3.65. The smallest absolute Gasteiger partial charge is 0.369 e. The van der Waals surface area contributed by atoms with Crippen LogP contribution in [0.4, 0.5) is 23.7 Å². The fourth-order valence-electron chi connectivity index (χ4n) is 2.39. The standard InChI is InChI=1S/C15H17F3N2O3/c1-10-3-4-11(2)12(9-10)19-5-7-20(8-6-19)14(22)23-13(21)15(16,17)18/h3-4,9H,5-8H2,1-2H3. The van der Waals surface area contributed by atoms with Crippen molar-refractivity contribution in [3.8, 4) is 0 Å². The van der Waals surface area contributed by atoms with Gasteiger partial charge < -0.3 is 14.5 Å². The average molecular weight is 330 g/mol. The number of rotatable bonds is 1. The Kier molecular flexibility index (Phi) is 4.82. The minimum atomic E-state index is -5.17. The molecule has 1 aliphatic rings. The topological polar surface area (TPSA) is 49.9 Å². The Morgan fingerprint density at radius 2 is 1.70 bits per heavy atom. The van der Waals surface area contributed by atoms with Crippen LogP contribution in [0.2, 0.25) is 0 Å². The molecular weight excluding hydrogens is 313 g/mol. The molecule has 0 aliphatic carbocycles. The van der Waals surface area contributed by atoms with Crippen LogP contribution in [0.15, 0.2) is 18.2 Å². The quantitative estimate of drug-likeness (QED) is 0.587. The normalized spacial score (nSPS) is 15.5. The first-order chi connectivity index (χ1) is 10.7. The van der Waals surface area contributed by atoms with E-state index >= 15 is 0 Å². The molecule has 0 aromatic heterocycles. The number of carbonyl (C=O) groups is 2. The Labute approximate surface area is 131 Å². The summed E-state index contributed by atoms with van der Waals surface area (Å²) in [7, 11) is 0. The molecule has 0 saturated carbocycles. The van der Waals surface area contributed by atoms with Crippen molar-refractivity contribution in [3.63, 3.8) is 0 Å². The minimum absolute atomic E-state index is 0.192. The molecule has 0 radical (unpaired) electrons. The van der Waals surface area contributed by atoms with Gasteiger partial charge in [-0.1, -0.05) is 12.1 Å². The molecule has 1 aromatic rings. The van der Waals surface area contributed by atoms with E-state index in [1.165, 1.54) is 0 Å². The number of carbonyl (C=O) groups excluding carboxylic acids is 2. The minimum Gasteiger partial charge on any atom is -0.369 e. The van der Waals surface area contributed by atoms with E-state index in [-0.39, 0.29) is 13.1 Å². The fourth-order valence-corrected chi connectivity index (χ4v) is 2.39. The Balaban J connectivity index is 1.95. The van der Waals surface area contributed by atoms with E-state index in [0.717, 1.165) is 21.7 Å². The summed E-state index contributed by atoms with van der Waals surface area (Å²) in [5.74, 6) is -2.49. The lowest BCUT2D eigenvalue weighted by Crippen LogP contribution is -2.50. The van der Waals surface area contributed by atoms with Gasteiger partial charge in [-0.15, -0.1) is 0 Å². The monoisotopic (exact) mass is 330 g/mol. The number of alkyl halides is 3. The van der Waals surface area contributed by atoms with Crippen LogP contribution in [0.3, 0.4) is 0 Å². The van der Waals surface area contributed by atoms with Crippen LogP contribution >= 0.6 is 0 Å². The first-order valence-electron chi connectivity index (χ1n) is 7.08. The molecular formula is C15H17F3N2O3. The molecule has 1 heterocycles. The summed E-state index contributed by atoms with van der Waals surface area (Å²) in [6, 6.07) is 6.01. The number of nitrogens with zero attached hydrogens (tertiary/aromatic N) is 2. The number of amides is 1. The van der Waals surface area contributed by atoms with E-state index in [1.54, 1.807) is 0 Å². The second-order valence-electron chi connectivity index (χ2n) is 5.42. The molecule has 0 bridgehead atoms. The van der Waals surface area contributed by atoms with Crippen molar-refractivity contribution in [3.05, 3.63) is 29.3 Å². The molecule has 23 heavy (non-hydrogen) atoms. The highest BCUT2D eigenvalue weighted by Gasteiger charge is 2.43. The zero-order chi connectivity index (χ0) is 17.2. The summed E-state index contributed by atoms with van der Waals surface area (Å²) in [5.41, 5.74) is 3.21. The summed E-state index contributed by atoms with van der Waals surface area (Å²) in [4.78, 5) is 25.4. The Hall–Kier alpha value is -2.25. The maximum atomic E-state index is 12.1. The Morgan fingerprint density at radius 1 is 1.09 bits per heavy atom. The number of aryl methyl sites for hydroxylation is 2. The summed E-state index contributed by atoms with van der Waals surface area (Å²) >= 11 is 0. The molecule has 126 valence electrons. The van der Waals surface area contributed by atoms with E-state index < -0.39 is 18.2 Å². The van der Waals surface area contributed by atoms with E-state index in [4.69, 9.17) is 0 Å². The van der Waals surface area contributed by atoms with Crippen molar-refractivity contribution < 1.29 is 27.5 Å². The third-order valence-corrected chi connectivity index (χ3v) is 3.65. The predicted octanol–water partition coefficient (Wildman–Crippen LogP) is 2.65. The van der Waals surface area contributed by atoms with Gasteiger partial charge >= 0.3 is 18.2 Å². The van der Waals surface area contributed by atoms with Crippen molar-refractivity contribution in [1.82, 2.24) is 4.90 Å². The van der Waals surface area contributed by atoms with Gasteiger partial charge in [0.2, 0.25) is 0 Å². The van der Waals surface area contributed by atoms with Crippen LogP contribution in [0.25, 0.3) is 0 Å². The van der Waals surface area contributed by atoms with Crippen molar-refractivity contribution in [2.75, 3.05) is 31.1 Å². The number of benzene rings is 1. The van der Waals surface area contributed by atoms with Crippen molar-refractivity contribution in [2.24, 2.45) is 0 Å². The van der Waals surface area contributed by atoms with Gasteiger partial charge in [0.05, 0.1) is 0 Å². The molecule has 1 fully saturated rings. The molecule has 1 aliphatic heterocycles. The number of piperazine rings is 1. The number of anilines is 1. The van der Waals surface area contributed by atoms with E-state index in [2.05, 4.69) is 9.64 Å². The lowest BCUT2D eigenvalue weighted by Gasteiger charge is -2.36. The van der Waals surface area contributed by atoms with Gasteiger partial charge in [-0.25, -0.2) is 9.59 Å². The largest absolute Gasteiger partial charge is 0.491 e. The van der Waals surface area contributed by atoms with Crippen molar-refractivity contribution >= 4 is 17.7 Å². The van der Waals surface area contributed by atoms with Crippen LogP contribution in [0.1, 0.15) is 11.1 Å². The highest BCUT2D eigenvalue weighted by atomic mass is 19.4. The van der Waals surface area contributed by atoms with Gasteiger partial charge in [0.1, 0.15) is 0 Å². The van der Waals surface area contributed by atoms with Gasteiger partial charge in [0.25, 0.3) is 0 Å². The molecule has 8 heteroatoms. The summed E-state index contributed by atoms with van der Waals surface area (Å²) < 4.78 is 40.1. The lowest BCUT2D eigenvalue weighted by molar-refractivity contribution is -0.193. The molecule has 1 aromatic carbocycles. The number of esters is 1. The maximum absolute atomic E-state index is 12.1. The summed E-state index contributed by atoms with van der Waals surface area (Å²) in [6.45, 7) is 5.24. The molecule has 1 saturated heterocycles. The van der Waals surface area contributed by atoms with E-state index in [1.807, 2.05) is 32.0 Å². The second kappa shape index (κ2) is 6.47. The second-order valence-corrected chi connectivity index (χ2v) is 5.42. The maximum Gasteiger partial charge on any atom is 0.491 e. The van der Waals surface area contributed by atoms with Crippen LogP contribution < -0.4 is 4.90 Å². The van der Waals surface area contributed by atoms with Gasteiger partial charge in [-0.2, -0.15) is 13.2 Å². The number of hydrogen-bond donors (Lipinski definition) is 0. The van der Waals surface area contributed by atoms with Crippen LogP contribution in [0, 0.1) is 13.8 Å². The first kappa shape index (κ1) is 17.1. The van der Waals surface area contributed by atoms with Gasteiger partial charge in [0.15, 0.2) is 0 Å². The van der Waals surface area contributed by atoms with Gasteiger partial charge in [-0.05, 0) is 31.0 Å². The fraction of sp³-hybridized carbons (Fsp3) is 0.467. The van der Waals surface area contributed by atoms with Crippen molar-refractivity contribution in [2.45, 2.75) is 20.0 Å². The number of ether oxygens (including phenoxy) is 1. The number of halogens is 3. The molecule has 2 rings (SSSR count). The lowest BCUT2D eigenvalue weighted by atomic mass is 10.1. The van der Waals surface area contributed by atoms with Crippen LogP contribution in [-0.2, 0) is 9.53 Å². The Bertz CT molecular complexity index is 608. The van der Waals surface area contributed by atoms with Crippen LogP contribution in [0.5, 0.6) is 0 Å². The highest BCUT2D eigenvalue weighted by molar-refractivity contribution is 5.87. The molecule has 0 unspecified atom stereocenters. The zero-order valence-corrected chi connectivity index (χ0v) is 12.8. The summed E-state index contributed by atoms with van der Waals surface area (Å²) in [5, 5.41) is 0. The predicted molar refractivity (Wildman–Crippen MR) is 77.2 cm³/mol. The average Bonchev–Trinajstić information content (AvgIpc) is 2.49. The zero-order valence-electron chi connectivity index (χ0n) is 12.8. The van der Waals surface area contributed by atoms with Gasteiger partial charge in [0, 0.05) is 31.9 Å².